The zero-order chi connectivity index (χ0) is 14.2. The number of hydrogen-bond acceptors (Lipinski definition) is 2. The number of likely N-dealkylation sites (N-methyl/N-ethyl adjacent to an activating group) is 1. The van der Waals surface area contributed by atoms with Crippen molar-refractivity contribution in [3.8, 4) is 0 Å². The van der Waals surface area contributed by atoms with Gasteiger partial charge in [-0.15, -0.1) is 0 Å². The van der Waals surface area contributed by atoms with Crippen LogP contribution in [0.5, 0.6) is 0 Å². The smallest absolute Gasteiger partial charge is 0.0104 e. The molecule has 0 amide bonds. The van der Waals surface area contributed by atoms with Gasteiger partial charge in [-0.25, -0.2) is 0 Å². The van der Waals surface area contributed by atoms with E-state index in [1.807, 2.05) is 0 Å². The van der Waals surface area contributed by atoms with Gasteiger partial charge in [0.05, 0.1) is 0 Å². The topological polar surface area (TPSA) is 15.3 Å². The van der Waals surface area contributed by atoms with Gasteiger partial charge < -0.3 is 10.2 Å². The fourth-order valence-electron chi connectivity index (χ4n) is 3.00. The summed E-state index contributed by atoms with van der Waals surface area (Å²) in [6.45, 7) is 5.81. The summed E-state index contributed by atoms with van der Waals surface area (Å²) in [7, 11) is 2.23. The van der Waals surface area contributed by atoms with Crippen LogP contribution in [0.15, 0.2) is 30.3 Å². The van der Waals surface area contributed by atoms with E-state index in [1.54, 1.807) is 0 Å². The molecule has 1 aromatic rings. The molecule has 1 aromatic carbocycles. The Morgan fingerprint density at radius 3 is 2.45 bits per heavy atom. The number of benzene rings is 1. The number of nitrogens with one attached hydrogen (secondary N) is 1. The van der Waals surface area contributed by atoms with Crippen molar-refractivity contribution in [3.63, 3.8) is 0 Å². The van der Waals surface area contributed by atoms with Gasteiger partial charge in [-0.3, -0.25) is 0 Å². The highest BCUT2D eigenvalue weighted by Gasteiger charge is 2.17. The quantitative estimate of drug-likeness (QED) is 0.820. The first-order valence-corrected chi connectivity index (χ1v) is 8.20. The molecule has 112 valence electrons. The molecule has 20 heavy (non-hydrogen) atoms. The average Bonchev–Trinajstić information content (AvgIpc) is 2.48. The fraction of sp³-hybridized carbons (Fsp3) is 0.667. The molecule has 1 aliphatic rings. The van der Waals surface area contributed by atoms with Crippen LogP contribution in [0.4, 0.5) is 0 Å². The SMILES string of the molecule is CC1CCC(NCCN(C)CCc2ccccc2)CC1. The fourth-order valence-corrected chi connectivity index (χ4v) is 3.00. The Bertz CT molecular complexity index is 355. The Hall–Kier alpha value is -0.860. The van der Waals surface area contributed by atoms with Crippen LogP contribution < -0.4 is 5.32 Å². The molecule has 1 fully saturated rings. The maximum Gasteiger partial charge on any atom is 0.0104 e. The molecule has 0 aliphatic heterocycles. The number of hydrogen-bond donors (Lipinski definition) is 1. The lowest BCUT2D eigenvalue weighted by molar-refractivity contribution is 0.283. The van der Waals surface area contributed by atoms with Gasteiger partial charge in [0.2, 0.25) is 0 Å². The summed E-state index contributed by atoms with van der Waals surface area (Å²) in [5, 5.41) is 3.73. The molecular weight excluding hydrogens is 244 g/mol. The molecule has 0 saturated heterocycles. The van der Waals surface area contributed by atoms with E-state index in [4.69, 9.17) is 0 Å². The van der Waals surface area contributed by atoms with Gasteiger partial charge in [0.15, 0.2) is 0 Å². The zero-order valence-electron chi connectivity index (χ0n) is 13.1. The molecule has 0 radical (unpaired) electrons. The van der Waals surface area contributed by atoms with Gasteiger partial charge in [0.1, 0.15) is 0 Å². The van der Waals surface area contributed by atoms with E-state index in [-0.39, 0.29) is 0 Å². The van der Waals surface area contributed by atoms with Crippen molar-refractivity contribution in [2.45, 2.75) is 45.1 Å². The third-order valence-corrected chi connectivity index (χ3v) is 4.57. The highest BCUT2D eigenvalue weighted by Crippen LogP contribution is 2.23. The van der Waals surface area contributed by atoms with Crippen LogP contribution in [-0.4, -0.2) is 37.6 Å². The Labute approximate surface area is 124 Å². The van der Waals surface area contributed by atoms with Gasteiger partial charge in [-0.1, -0.05) is 37.3 Å². The van der Waals surface area contributed by atoms with Gasteiger partial charge in [0, 0.05) is 25.7 Å². The first-order chi connectivity index (χ1) is 9.74. The van der Waals surface area contributed by atoms with Crippen molar-refractivity contribution in [2.24, 2.45) is 5.92 Å². The standard InChI is InChI=1S/C18H30N2/c1-16-8-10-18(11-9-16)19-13-15-20(2)14-12-17-6-4-3-5-7-17/h3-7,16,18-19H,8-15H2,1-2H3. The molecule has 2 nitrogen and oxygen atoms in total. The second-order valence-electron chi connectivity index (χ2n) is 6.45. The molecule has 0 atom stereocenters. The first-order valence-electron chi connectivity index (χ1n) is 8.20. The molecule has 0 aromatic heterocycles. The van der Waals surface area contributed by atoms with Crippen molar-refractivity contribution < 1.29 is 0 Å². The van der Waals surface area contributed by atoms with Crippen LogP contribution in [0.3, 0.4) is 0 Å². The van der Waals surface area contributed by atoms with Gasteiger partial charge in [0.25, 0.3) is 0 Å². The minimum atomic E-state index is 0.772. The molecule has 2 rings (SSSR count). The minimum absolute atomic E-state index is 0.772. The third kappa shape index (κ3) is 5.64. The monoisotopic (exact) mass is 274 g/mol. The second-order valence-corrected chi connectivity index (χ2v) is 6.45. The summed E-state index contributed by atoms with van der Waals surface area (Å²) in [6, 6.07) is 11.5. The van der Waals surface area contributed by atoms with Gasteiger partial charge in [-0.2, -0.15) is 0 Å². The molecule has 2 heteroatoms. The van der Waals surface area contributed by atoms with Crippen LogP contribution in [-0.2, 0) is 6.42 Å². The predicted octanol–water partition coefficient (Wildman–Crippen LogP) is 3.33. The van der Waals surface area contributed by atoms with Crippen molar-refractivity contribution in [1.82, 2.24) is 10.2 Å². The van der Waals surface area contributed by atoms with E-state index in [9.17, 15) is 0 Å². The zero-order valence-corrected chi connectivity index (χ0v) is 13.1. The first kappa shape index (κ1) is 15.5. The predicted molar refractivity (Wildman–Crippen MR) is 87.1 cm³/mol. The molecule has 0 bridgehead atoms. The Balaban J connectivity index is 1.55. The van der Waals surface area contributed by atoms with Crippen LogP contribution in [0, 0.1) is 5.92 Å². The summed E-state index contributed by atoms with van der Waals surface area (Å²) in [6.07, 6.45) is 6.70. The molecule has 1 saturated carbocycles. The molecule has 0 spiro atoms. The van der Waals surface area contributed by atoms with E-state index in [2.05, 4.69) is 54.5 Å². The second kappa shape index (κ2) is 8.43. The van der Waals surface area contributed by atoms with Crippen LogP contribution in [0.25, 0.3) is 0 Å². The van der Waals surface area contributed by atoms with Gasteiger partial charge >= 0.3 is 0 Å². The lowest BCUT2D eigenvalue weighted by Crippen LogP contribution is -2.38. The van der Waals surface area contributed by atoms with Crippen molar-refractivity contribution in [2.75, 3.05) is 26.7 Å². The van der Waals surface area contributed by atoms with E-state index < -0.39 is 0 Å². The minimum Gasteiger partial charge on any atom is -0.313 e. The van der Waals surface area contributed by atoms with Crippen LogP contribution >= 0.6 is 0 Å². The molecule has 1 N–H and O–H groups in total. The number of rotatable bonds is 7. The van der Waals surface area contributed by atoms with Crippen molar-refractivity contribution in [1.29, 1.82) is 0 Å². The van der Waals surface area contributed by atoms with Crippen molar-refractivity contribution in [3.05, 3.63) is 35.9 Å². The van der Waals surface area contributed by atoms with Gasteiger partial charge in [-0.05, 0) is 50.6 Å². The molecule has 0 heterocycles. The lowest BCUT2D eigenvalue weighted by atomic mass is 9.87. The maximum atomic E-state index is 3.73. The Kier molecular flexibility index (Phi) is 6.55. The summed E-state index contributed by atoms with van der Waals surface area (Å²) in [5.41, 5.74) is 1.44. The van der Waals surface area contributed by atoms with E-state index in [0.29, 0.717) is 0 Å². The highest BCUT2D eigenvalue weighted by atomic mass is 15.1. The molecule has 0 unspecified atom stereocenters. The summed E-state index contributed by atoms with van der Waals surface area (Å²) in [5.74, 6) is 0.946. The summed E-state index contributed by atoms with van der Waals surface area (Å²) >= 11 is 0. The Morgan fingerprint density at radius 2 is 1.75 bits per heavy atom. The van der Waals surface area contributed by atoms with Crippen LogP contribution in [0.1, 0.15) is 38.2 Å². The lowest BCUT2D eigenvalue weighted by Gasteiger charge is -2.28. The highest BCUT2D eigenvalue weighted by molar-refractivity contribution is 5.14. The van der Waals surface area contributed by atoms with Crippen molar-refractivity contribution >= 4 is 0 Å². The Morgan fingerprint density at radius 1 is 1.05 bits per heavy atom. The molecule has 1 aliphatic carbocycles. The molecular formula is C18H30N2. The summed E-state index contributed by atoms with van der Waals surface area (Å²) < 4.78 is 0. The third-order valence-electron chi connectivity index (χ3n) is 4.57. The normalized spacial score (nSPS) is 23.1. The largest absolute Gasteiger partial charge is 0.313 e. The maximum absolute atomic E-state index is 3.73. The van der Waals surface area contributed by atoms with E-state index in [0.717, 1.165) is 38.0 Å². The average molecular weight is 274 g/mol. The van der Waals surface area contributed by atoms with E-state index in [1.165, 1.54) is 31.2 Å². The summed E-state index contributed by atoms with van der Waals surface area (Å²) in [4.78, 5) is 2.44. The van der Waals surface area contributed by atoms with Crippen LogP contribution in [0.2, 0.25) is 0 Å². The van der Waals surface area contributed by atoms with E-state index >= 15 is 0 Å². The number of nitrogens with zero attached hydrogens (tertiary/aromatic N) is 1.